The van der Waals surface area contributed by atoms with Gasteiger partial charge in [-0.25, -0.2) is 4.79 Å². The number of anilines is 2. The van der Waals surface area contributed by atoms with Crippen LogP contribution in [-0.2, 0) is 18.0 Å². The number of alkyl halides is 1. The molecule has 3 rings (SSSR count). The van der Waals surface area contributed by atoms with Gasteiger partial charge in [0.1, 0.15) is 11.5 Å². The van der Waals surface area contributed by atoms with E-state index in [1.807, 2.05) is 0 Å². The van der Waals surface area contributed by atoms with Crippen molar-refractivity contribution in [1.82, 2.24) is 9.13 Å². The van der Waals surface area contributed by atoms with Crippen molar-refractivity contribution in [3.05, 3.63) is 20.8 Å². The zero-order chi connectivity index (χ0) is 22.6. The second kappa shape index (κ2) is 7.81. The Kier molecular flexibility index (Phi) is 6.15. The first-order valence-electron chi connectivity index (χ1n) is 10.9. The van der Waals surface area contributed by atoms with Crippen LogP contribution in [0.2, 0.25) is 18.1 Å². The van der Waals surface area contributed by atoms with E-state index in [4.69, 9.17) is 4.43 Å². The number of hydrogen-bond donors (Lipinski definition) is 0. The minimum absolute atomic E-state index is 0.143. The Morgan fingerprint density at radius 1 is 1.20 bits per heavy atom. The Labute approximate surface area is 189 Å². The van der Waals surface area contributed by atoms with Gasteiger partial charge in [0, 0.05) is 26.7 Å². The molecule has 7 nitrogen and oxygen atoms in total. The van der Waals surface area contributed by atoms with E-state index in [1.54, 1.807) is 11.6 Å². The monoisotopic (exact) mass is 500 g/mol. The third-order valence-electron chi connectivity index (χ3n) is 6.83. The molecule has 3 heterocycles. The lowest BCUT2D eigenvalue weighted by Gasteiger charge is -2.36. The van der Waals surface area contributed by atoms with Crippen LogP contribution in [0.25, 0.3) is 0 Å². The highest BCUT2D eigenvalue weighted by molar-refractivity contribution is 9.10. The molecule has 9 heteroatoms. The van der Waals surface area contributed by atoms with E-state index in [9.17, 15) is 9.59 Å². The van der Waals surface area contributed by atoms with E-state index in [2.05, 4.69) is 73.4 Å². The van der Waals surface area contributed by atoms with Crippen LogP contribution in [0.1, 0.15) is 47.5 Å². The number of nitrogens with zero attached hydrogens (tertiary/aromatic N) is 4. The van der Waals surface area contributed by atoms with E-state index in [-0.39, 0.29) is 20.9 Å². The van der Waals surface area contributed by atoms with Gasteiger partial charge in [-0.3, -0.25) is 13.9 Å². The summed E-state index contributed by atoms with van der Waals surface area (Å²) in [5, 5.41) is 0.143. The highest BCUT2D eigenvalue weighted by atomic mass is 79.9. The zero-order valence-corrected chi connectivity index (χ0v) is 22.3. The molecule has 30 heavy (non-hydrogen) atoms. The smallest absolute Gasteiger partial charge is 0.332 e. The van der Waals surface area contributed by atoms with E-state index in [0.717, 1.165) is 25.3 Å². The highest BCUT2D eigenvalue weighted by Gasteiger charge is 2.63. The van der Waals surface area contributed by atoms with Crippen molar-refractivity contribution < 1.29 is 4.43 Å². The minimum Gasteiger partial charge on any atom is -0.417 e. The quantitative estimate of drug-likeness (QED) is 0.179. The summed E-state index contributed by atoms with van der Waals surface area (Å²) in [5.41, 5.74) is 0.208. The third kappa shape index (κ3) is 3.93. The number of halogens is 1. The molecule has 0 bridgehead atoms. The first-order chi connectivity index (χ1) is 13.7. The van der Waals surface area contributed by atoms with Gasteiger partial charge in [0.05, 0.1) is 6.54 Å². The topological polar surface area (TPSA) is 59.5 Å². The summed E-state index contributed by atoms with van der Waals surface area (Å²) in [6.45, 7) is 18.0. The van der Waals surface area contributed by atoms with Crippen LogP contribution in [0.3, 0.4) is 0 Å². The van der Waals surface area contributed by atoms with Gasteiger partial charge >= 0.3 is 5.69 Å². The minimum atomic E-state index is -1.84. The Hall–Kier alpha value is -1.06. The molecule has 0 aromatic carbocycles. The summed E-state index contributed by atoms with van der Waals surface area (Å²) in [6, 6.07) is 0. The standard InChI is InChI=1S/C21H37BrN4O3Si/c1-15(2)10-12-25-16-17(26-14-21(25,26)22)23(6)19(28)24(18(16)27)11-9-13-29-30(7,8)20(3,4)5/h15H,9-14H2,1-8H3. The van der Waals surface area contributed by atoms with Crippen LogP contribution in [0.5, 0.6) is 0 Å². The van der Waals surface area contributed by atoms with Crippen molar-refractivity contribution in [3.8, 4) is 0 Å². The Bertz CT molecular complexity index is 934. The van der Waals surface area contributed by atoms with Crippen molar-refractivity contribution >= 4 is 35.8 Å². The summed E-state index contributed by atoms with van der Waals surface area (Å²) >= 11 is 3.81. The first-order valence-corrected chi connectivity index (χ1v) is 14.6. The van der Waals surface area contributed by atoms with Crippen LogP contribution in [0.15, 0.2) is 9.59 Å². The predicted octanol–water partition coefficient (Wildman–Crippen LogP) is 3.69. The molecule has 1 aromatic heterocycles. The summed E-state index contributed by atoms with van der Waals surface area (Å²) in [6.07, 6.45) is 1.64. The van der Waals surface area contributed by atoms with Gasteiger partial charge in [-0.1, -0.05) is 34.6 Å². The molecule has 1 fully saturated rings. The SMILES string of the molecule is CC(C)CCN1c2c(n(C)c(=O)n(CCCO[Si](C)(C)C(C)(C)C)c2=O)N2CC12Br. The summed E-state index contributed by atoms with van der Waals surface area (Å²) in [4.78, 5) is 30.6. The molecular formula is C21H37BrN4O3Si. The van der Waals surface area contributed by atoms with Gasteiger partial charge in [-0.2, -0.15) is 0 Å². The molecular weight excluding hydrogens is 464 g/mol. The molecule has 2 aliphatic rings. The lowest BCUT2D eigenvalue weighted by Crippen LogP contribution is -2.44. The van der Waals surface area contributed by atoms with E-state index >= 15 is 0 Å². The lowest BCUT2D eigenvalue weighted by atomic mass is 10.1. The molecule has 1 atom stereocenters. The van der Waals surface area contributed by atoms with Crippen LogP contribution in [0, 0.1) is 5.92 Å². The van der Waals surface area contributed by atoms with Crippen LogP contribution in [0.4, 0.5) is 11.5 Å². The molecule has 2 aliphatic heterocycles. The highest BCUT2D eigenvalue weighted by Crippen LogP contribution is 2.55. The second-order valence-electron chi connectivity index (χ2n) is 10.6. The third-order valence-corrected chi connectivity index (χ3v) is 12.5. The zero-order valence-electron chi connectivity index (χ0n) is 19.7. The maximum Gasteiger partial charge on any atom is 0.332 e. The fourth-order valence-electron chi connectivity index (χ4n) is 3.73. The average molecular weight is 502 g/mol. The van der Waals surface area contributed by atoms with Crippen molar-refractivity contribution in [2.75, 3.05) is 29.5 Å². The molecule has 0 spiro atoms. The van der Waals surface area contributed by atoms with Crippen molar-refractivity contribution in [3.63, 3.8) is 0 Å². The van der Waals surface area contributed by atoms with Crippen LogP contribution in [-0.4, -0.2) is 41.7 Å². The molecule has 1 aromatic rings. The predicted molar refractivity (Wildman–Crippen MR) is 130 cm³/mol. The normalized spacial score (nSPS) is 20.7. The summed E-state index contributed by atoms with van der Waals surface area (Å²) < 4.78 is 8.90. The van der Waals surface area contributed by atoms with Gasteiger partial charge in [-0.15, -0.1) is 0 Å². The van der Waals surface area contributed by atoms with E-state index in [0.29, 0.717) is 31.2 Å². The van der Waals surface area contributed by atoms with E-state index in [1.165, 1.54) is 4.57 Å². The average Bonchev–Trinajstić information content (AvgIpc) is 3.22. The molecule has 0 N–H and O–H groups in total. The first kappa shape index (κ1) is 23.6. The van der Waals surface area contributed by atoms with Gasteiger partial charge in [0.15, 0.2) is 12.9 Å². The Balaban J connectivity index is 1.83. The van der Waals surface area contributed by atoms with Crippen molar-refractivity contribution in [1.29, 1.82) is 0 Å². The molecule has 0 radical (unpaired) electrons. The lowest BCUT2D eigenvalue weighted by molar-refractivity contribution is 0.273. The number of rotatable bonds is 8. The maximum atomic E-state index is 13.4. The van der Waals surface area contributed by atoms with Crippen LogP contribution < -0.4 is 21.0 Å². The molecule has 0 amide bonds. The fraction of sp³-hybridized carbons (Fsp3) is 0.810. The molecule has 170 valence electrons. The summed E-state index contributed by atoms with van der Waals surface area (Å²) in [7, 11) is -0.0708. The van der Waals surface area contributed by atoms with Crippen LogP contribution >= 0.6 is 15.9 Å². The number of fused-ring (bicyclic) bond motifs is 3. The number of hydrogen-bond acceptors (Lipinski definition) is 5. The molecule has 1 unspecified atom stereocenters. The van der Waals surface area contributed by atoms with Gasteiger partial charge in [0.2, 0.25) is 0 Å². The second-order valence-corrected chi connectivity index (χ2v) is 16.7. The van der Waals surface area contributed by atoms with Crippen molar-refractivity contribution in [2.45, 2.75) is 76.7 Å². The molecule has 0 saturated carbocycles. The fourth-order valence-corrected chi connectivity index (χ4v) is 5.59. The van der Waals surface area contributed by atoms with Crippen molar-refractivity contribution in [2.24, 2.45) is 13.0 Å². The Morgan fingerprint density at radius 2 is 1.83 bits per heavy atom. The number of aromatic nitrogens is 2. The summed E-state index contributed by atoms with van der Waals surface area (Å²) in [5.74, 6) is 1.28. The van der Waals surface area contributed by atoms with Gasteiger partial charge in [-0.05, 0) is 52.8 Å². The van der Waals surface area contributed by atoms with Gasteiger partial charge in [0.25, 0.3) is 5.56 Å². The van der Waals surface area contributed by atoms with E-state index < -0.39 is 8.32 Å². The maximum absolute atomic E-state index is 13.4. The molecule has 1 saturated heterocycles. The Morgan fingerprint density at radius 3 is 2.40 bits per heavy atom. The van der Waals surface area contributed by atoms with Gasteiger partial charge < -0.3 is 14.2 Å². The largest absolute Gasteiger partial charge is 0.417 e. The molecule has 0 aliphatic carbocycles.